The summed E-state index contributed by atoms with van der Waals surface area (Å²) >= 11 is 1.44. The Kier molecular flexibility index (Phi) is 4.31. The van der Waals surface area contributed by atoms with Crippen molar-refractivity contribution in [3.05, 3.63) is 28.5 Å². The number of amides is 1. The van der Waals surface area contributed by atoms with Crippen LogP contribution in [-0.2, 0) is 24.2 Å². The quantitative estimate of drug-likeness (QED) is 0.883. The molecular formula is C14H19N5OS. The number of carbonyl (C=O) groups excluding carboxylic acids is 1. The Morgan fingerprint density at radius 3 is 3.24 bits per heavy atom. The molecule has 0 bridgehead atoms. The number of aromatic nitrogens is 3. The van der Waals surface area contributed by atoms with E-state index in [-0.39, 0.29) is 5.91 Å². The van der Waals surface area contributed by atoms with E-state index in [9.17, 15) is 4.79 Å². The third-order valence-electron chi connectivity index (χ3n) is 3.77. The SMILES string of the molecule is CCc1n[nH]c2c1CN(CCC(=O)Nc1nccs1)CC2. The number of anilines is 1. The Morgan fingerprint density at radius 2 is 2.48 bits per heavy atom. The first kappa shape index (κ1) is 14.2. The van der Waals surface area contributed by atoms with Crippen LogP contribution >= 0.6 is 11.3 Å². The molecule has 3 rings (SSSR count). The molecule has 1 aliphatic heterocycles. The second kappa shape index (κ2) is 6.36. The molecule has 3 heterocycles. The summed E-state index contributed by atoms with van der Waals surface area (Å²) in [6.45, 7) is 4.75. The smallest absolute Gasteiger partial charge is 0.227 e. The third-order valence-corrected chi connectivity index (χ3v) is 4.46. The number of fused-ring (bicyclic) bond motifs is 1. The zero-order valence-electron chi connectivity index (χ0n) is 12.1. The van der Waals surface area contributed by atoms with Crippen LogP contribution in [0.2, 0.25) is 0 Å². The van der Waals surface area contributed by atoms with Crippen molar-refractivity contribution in [2.45, 2.75) is 32.7 Å². The summed E-state index contributed by atoms with van der Waals surface area (Å²) < 4.78 is 0. The Balaban J connectivity index is 1.51. The Morgan fingerprint density at radius 1 is 1.57 bits per heavy atom. The van der Waals surface area contributed by atoms with Crippen molar-refractivity contribution < 1.29 is 4.79 Å². The van der Waals surface area contributed by atoms with Crippen LogP contribution in [0.4, 0.5) is 5.13 Å². The van der Waals surface area contributed by atoms with Crippen molar-refractivity contribution in [3.8, 4) is 0 Å². The number of nitrogens with zero attached hydrogens (tertiary/aromatic N) is 3. The number of aromatic amines is 1. The fraction of sp³-hybridized carbons (Fsp3) is 0.500. The van der Waals surface area contributed by atoms with Crippen molar-refractivity contribution >= 4 is 22.4 Å². The van der Waals surface area contributed by atoms with Crippen molar-refractivity contribution in [1.29, 1.82) is 0 Å². The molecule has 0 fully saturated rings. The lowest BCUT2D eigenvalue weighted by molar-refractivity contribution is -0.116. The van der Waals surface area contributed by atoms with Gasteiger partial charge in [0.25, 0.3) is 0 Å². The topological polar surface area (TPSA) is 73.9 Å². The molecule has 0 unspecified atom stereocenters. The number of rotatable bonds is 5. The van der Waals surface area contributed by atoms with Crippen LogP contribution in [0.25, 0.3) is 0 Å². The summed E-state index contributed by atoms with van der Waals surface area (Å²) in [6, 6.07) is 0. The van der Waals surface area contributed by atoms with Crippen LogP contribution in [0.15, 0.2) is 11.6 Å². The van der Waals surface area contributed by atoms with Gasteiger partial charge in [0.15, 0.2) is 5.13 Å². The van der Waals surface area contributed by atoms with Crippen molar-refractivity contribution in [3.63, 3.8) is 0 Å². The maximum Gasteiger partial charge on any atom is 0.227 e. The van der Waals surface area contributed by atoms with Gasteiger partial charge in [0.2, 0.25) is 5.91 Å². The lowest BCUT2D eigenvalue weighted by atomic mass is 10.0. The lowest BCUT2D eigenvalue weighted by Crippen LogP contribution is -2.33. The molecule has 6 nitrogen and oxygen atoms in total. The van der Waals surface area contributed by atoms with E-state index >= 15 is 0 Å². The first-order valence-electron chi connectivity index (χ1n) is 7.23. The van der Waals surface area contributed by atoms with Gasteiger partial charge in [0, 0.05) is 55.3 Å². The minimum Gasteiger partial charge on any atom is -0.302 e. The maximum absolute atomic E-state index is 11.9. The number of hydrogen-bond donors (Lipinski definition) is 2. The Hall–Kier alpha value is -1.73. The highest BCUT2D eigenvalue weighted by atomic mass is 32.1. The fourth-order valence-corrected chi connectivity index (χ4v) is 3.17. The summed E-state index contributed by atoms with van der Waals surface area (Å²) in [5.74, 6) is 0.0265. The minimum atomic E-state index is 0.0265. The maximum atomic E-state index is 11.9. The summed E-state index contributed by atoms with van der Waals surface area (Å²) in [6.07, 6.45) is 4.12. The number of nitrogens with one attached hydrogen (secondary N) is 2. The third kappa shape index (κ3) is 3.30. The van der Waals surface area contributed by atoms with E-state index in [1.54, 1.807) is 6.20 Å². The second-order valence-corrected chi connectivity index (χ2v) is 6.04. The van der Waals surface area contributed by atoms with Crippen LogP contribution < -0.4 is 5.32 Å². The summed E-state index contributed by atoms with van der Waals surface area (Å²) in [4.78, 5) is 18.3. The van der Waals surface area contributed by atoms with Crippen molar-refractivity contribution in [1.82, 2.24) is 20.1 Å². The number of carbonyl (C=O) groups is 1. The van der Waals surface area contributed by atoms with Gasteiger partial charge in [-0.1, -0.05) is 6.92 Å². The van der Waals surface area contributed by atoms with E-state index < -0.39 is 0 Å². The van der Waals surface area contributed by atoms with Crippen LogP contribution in [0.3, 0.4) is 0 Å². The molecule has 1 amide bonds. The first-order chi connectivity index (χ1) is 10.3. The van der Waals surface area contributed by atoms with Gasteiger partial charge in [-0.2, -0.15) is 5.10 Å². The highest BCUT2D eigenvalue weighted by Gasteiger charge is 2.21. The van der Waals surface area contributed by atoms with Crippen LogP contribution in [-0.4, -0.2) is 39.1 Å². The monoisotopic (exact) mass is 305 g/mol. The van der Waals surface area contributed by atoms with E-state index in [1.165, 1.54) is 22.6 Å². The van der Waals surface area contributed by atoms with E-state index in [0.29, 0.717) is 11.6 Å². The van der Waals surface area contributed by atoms with E-state index in [2.05, 4.69) is 32.3 Å². The molecule has 0 aromatic carbocycles. The Bertz CT molecular complexity index is 593. The molecule has 2 aromatic heterocycles. The standard InChI is InChI=1S/C14H19N5OS/c1-2-11-10-9-19(6-3-12(10)18-17-11)7-4-13(20)16-14-15-5-8-21-14/h5,8H,2-4,6-7,9H2,1H3,(H,17,18)(H,15,16,20). The highest BCUT2D eigenvalue weighted by molar-refractivity contribution is 7.13. The van der Waals surface area contributed by atoms with E-state index in [0.717, 1.165) is 38.2 Å². The molecule has 7 heteroatoms. The molecule has 0 saturated heterocycles. The average Bonchev–Trinajstić information content (AvgIpc) is 3.13. The van der Waals surface area contributed by atoms with Gasteiger partial charge in [-0.05, 0) is 6.42 Å². The van der Waals surface area contributed by atoms with Crippen LogP contribution in [0.5, 0.6) is 0 Å². The van der Waals surface area contributed by atoms with Gasteiger partial charge in [0.05, 0.1) is 5.69 Å². The molecule has 0 atom stereocenters. The van der Waals surface area contributed by atoms with Crippen molar-refractivity contribution in [2.75, 3.05) is 18.4 Å². The first-order valence-corrected chi connectivity index (χ1v) is 8.11. The lowest BCUT2D eigenvalue weighted by Gasteiger charge is -2.26. The molecular weight excluding hydrogens is 286 g/mol. The van der Waals surface area contributed by atoms with Crippen LogP contribution in [0.1, 0.15) is 30.3 Å². The zero-order chi connectivity index (χ0) is 14.7. The van der Waals surface area contributed by atoms with Gasteiger partial charge < -0.3 is 5.32 Å². The minimum absolute atomic E-state index is 0.0265. The molecule has 0 radical (unpaired) electrons. The summed E-state index contributed by atoms with van der Waals surface area (Å²) in [5.41, 5.74) is 3.74. The van der Waals surface area contributed by atoms with E-state index in [4.69, 9.17) is 0 Å². The predicted molar refractivity (Wildman–Crippen MR) is 82.3 cm³/mol. The van der Waals surface area contributed by atoms with Gasteiger partial charge in [0.1, 0.15) is 0 Å². The molecule has 0 saturated carbocycles. The largest absolute Gasteiger partial charge is 0.302 e. The zero-order valence-corrected chi connectivity index (χ0v) is 12.9. The molecule has 112 valence electrons. The van der Waals surface area contributed by atoms with Crippen molar-refractivity contribution in [2.24, 2.45) is 0 Å². The molecule has 21 heavy (non-hydrogen) atoms. The fourth-order valence-electron chi connectivity index (χ4n) is 2.62. The van der Waals surface area contributed by atoms with E-state index in [1.807, 2.05) is 5.38 Å². The number of thiazole rings is 1. The van der Waals surface area contributed by atoms with Gasteiger partial charge >= 0.3 is 0 Å². The number of hydrogen-bond acceptors (Lipinski definition) is 5. The number of aryl methyl sites for hydroxylation is 1. The van der Waals surface area contributed by atoms with Gasteiger partial charge in [-0.25, -0.2) is 4.98 Å². The second-order valence-electron chi connectivity index (χ2n) is 5.14. The number of H-pyrrole nitrogens is 1. The summed E-state index contributed by atoms with van der Waals surface area (Å²) in [5, 5.41) is 12.8. The Labute approximate surface area is 127 Å². The normalized spacial score (nSPS) is 14.9. The molecule has 0 spiro atoms. The summed E-state index contributed by atoms with van der Waals surface area (Å²) in [7, 11) is 0. The molecule has 2 aromatic rings. The van der Waals surface area contributed by atoms with Crippen LogP contribution in [0, 0.1) is 0 Å². The van der Waals surface area contributed by atoms with Gasteiger partial charge in [-0.15, -0.1) is 11.3 Å². The molecule has 0 aliphatic carbocycles. The molecule has 1 aliphatic rings. The molecule has 2 N–H and O–H groups in total. The van der Waals surface area contributed by atoms with Gasteiger partial charge in [-0.3, -0.25) is 14.8 Å². The highest BCUT2D eigenvalue weighted by Crippen LogP contribution is 2.20. The average molecular weight is 305 g/mol. The predicted octanol–water partition coefficient (Wildman–Crippen LogP) is 1.82.